The van der Waals surface area contributed by atoms with E-state index in [9.17, 15) is 19.5 Å². The van der Waals surface area contributed by atoms with Crippen LogP contribution < -0.4 is 5.32 Å². The number of hydrogen-bond donors (Lipinski definition) is 2. The third-order valence-electron chi connectivity index (χ3n) is 6.13. The van der Waals surface area contributed by atoms with E-state index in [0.29, 0.717) is 23.4 Å². The number of hydrogen-bond acceptors (Lipinski definition) is 5. The Morgan fingerprint density at radius 1 is 1.12 bits per heavy atom. The van der Waals surface area contributed by atoms with E-state index < -0.39 is 23.8 Å². The highest BCUT2D eigenvalue weighted by Gasteiger charge is 2.38. The first-order chi connectivity index (χ1) is 15.2. The minimum Gasteiger partial charge on any atom is -0.481 e. The molecule has 1 heterocycles. The topological polar surface area (TPSA) is 92.7 Å². The van der Waals surface area contributed by atoms with Gasteiger partial charge in [-0.05, 0) is 45.2 Å². The molecule has 1 aliphatic carbocycles. The van der Waals surface area contributed by atoms with Gasteiger partial charge >= 0.3 is 11.9 Å². The monoisotopic (exact) mass is 455 g/mol. The standard InChI is InChI=1S/C25H29NO5S/c1-5-31-25(30)20-13-21(16(4)17-9-7-6-8-10-17)32-23(20)26-22(27)18-11-14(2)15(3)12-19(18)24(28)29/h6-10,13,16,18-19H,5,11-12H2,1-4H3,(H,26,27)(H,28,29)/t16-,18+,19+/m1/s1. The van der Waals surface area contributed by atoms with Crippen LogP contribution in [0.1, 0.15) is 67.3 Å². The van der Waals surface area contributed by atoms with Gasteiger partial charge in [-0.15, -0.1) is 11.3 Å². The first-order valence-electron chi connectivity index (χ1n) is 10.8. The van der Waals surface area contributed by atoms with Crippen molar-refractivity contribution in [1.82, 2.24) is 0 Å². The summed E-state index contributed by atoms with van der Waals surface area (Å²) < 4.78 is 5.20. The van der Waals surface area contributed by atoms with E-state index in [1.807, 2.05) is 51.1 Å². The van der Waals surface area contributed by atoms with Crippen LogP contribution in [0.25, 0.3) is 0 Å². The van der Waals surface area contributed by atoms with Gasteiger partial charge in [-0.2, -0.15) is 0 Å². The summed E-state index contributed by atoms with van der Waals surface area (Å²) in [5.41, 5.74) is 3.45. The summed E-state index contributed by atoms with van der Waals surface area (Å²) in [6.45, 7) is 7.84. The predicted molar refractivity (Wildman–Crippen MR) is 125 cm³/mol. The first kappa shape index (κ1) is 23.7. The van der Waals surface area contributed by atoms with Crippen LogP contribution in [0.15, 0.2) is 47.5 Å². The van der Waals surface area contributed by atoms with Crippen LogP contribution in [0.2, 0.25) is 0 Å². The SMILES string of the molecule is CCOC(=O)c1cc([C@H](C)c2ccccc2)sc1NC(=O)[C@H]1CC(C)=C(C)C[C@@H]1C(=O)O. The molecule has 1 aromatic heterocycles. The summed E-state index contributed by atoms with van der Waals surface area (Å²) >= 11 is 1.33. The number of ether oxygens (including phenoxy) is 1. The van der Waals surface area contributed by atoms with Crippen LogP contribution in [0, 0.1) is 11.8 Å². The molecule has 2 aromatic rings. The number of benzene rings is 1. The number of anilines is 1. The molecule has 1 aliphatic rings. The molecule has 170 valence electrons. The Morgan fingerprint density at radius 3 is 2.34 bits per heavy atom. The smallest absolute Gasteiger partial charge is 0.341 e. The van der Waals surface area contributed by atoms with Crippen LogP contribution in [-0.4, -0.2) is 29.6 Å². The fourth-order valence-electron chi connectivity index (χ4n) is 4.01. The number of allylic oxidation sites excluding steroid dienone is 2. The van der Waals surface area contributed by atoms with Crippen molar-refractivity contribution in [2.75, 3.05) is 11.9 Å². The Bertz CT molecular complexity index is 1040. The molecule has 0 spiro atoms. The van der Waals surface area contributed by atoms with Gasteiger partial charge in [0.05, 0.1) is 24.0 Å². The second-order valence-electron chi connectivity index (χ2n) is 8.25. The number of carbonyl (C=O) groups excluding carboxylic acids is 2. The van der Waals surface area contributed by atoms with Crippen molar-refractivity contribution in [3.8, 4) is 0 Å². The van der Waals surface area contributed by atoms with Crippen LogP contribution in [0.4, 0.5) is 5.00 Å². The maximum absolute atomic E-state index is 13.2. The molecule has 0 radical (unpaired) electrons. The number of carboxylic acid groups (broad SMARTS) is 1. The van der Waals surface area contributed by atoms with Gasteiger partial charge < -0.3 is 15.2 Å². The summed E-state index contributed by atoms with van der Waals surface area (Å²) in [5, 5.41) is 12.9. The molecule has 3 atom stereocenters. The van der Waals surface area contributed by atoms with Crippen LogP contribution in [0.5, 0.6) is 0 Å². The molecule has 0 fully saturated rings. The second-order valence-corrected chi connectivity index (χ2v) is 9.34. The lowest BCUT2D eigenvalue weighted by Gasteiger charge is -2.29. The van der Waals surface area contributed by atoms with Gasteiger partial charge in [-0.3, -0.25) is 9.59 Å². The molecular weight excluding hydrogens is 426 g/mol. The van der Waals surface area contributed by atoms with E-state index >= 15 is 0 Å². The fraction of sp³-hybridized carbons (Fsp3) is 0.400. The lowest BCUT2D eigenvalue weighted by atomic mass is 9.76. The highest BCUT2D eigenvalue weighted by molar-refractivity contribution is 7.16. The Hall–Kier alpha value is -2.93. The van der Waals surface area contributed by atoms with E-state index in [4.69, 9.17) is 4.74 Å². The Morgan fingerprint density at radius 2 is 1.75 bits per heavy atom. The van der Waals surface area contributed by atoms with Crippen molar-refractivity contribution in [2.45, 2.75) is 46.5 Å². The minimum absolute atomic E-state index is 0.0225. The summed E-state index contributed by atoms with van der Waals surface area (Å²) in [6.07, 6.45) is 0.743. The van der Waals surface area contributed by atoms with Gasteiger partial charge in [0, 0.05) is 10.8 Å². The lowest BCUT2D eigenvalue weighted by molar-refractivity contribution is -0.146. The van der Waals surface area contributed by atoms with Crippen molar-refractivity contribution >= 4 is 34.2 Å². The third-order valence-corrected chi connectivity index (χ3v) is 7.36. The minimum atomic E-state index is -0.979. The zero-order valence-corrected chi connectivity index (χ0v) is 19.6. The highest BCUT2D eigenvalue weighted by atomic mass is 32.1. The Labute approximate surface area is 192 Å². The first-order valence-corrected chi connectivity index (χ1v) is 11.6. The van der Waals surface area contributed by atoms with Gasteiger partial charge in [0.1, 0.15) is 5.00 Å². The molecule has 3 rings (SSSR count). The molecule has 6 nitrogen and oxygen atoms in total. The zero-order valence-electron chi connectivity index (χ0n) is 18.8. The normalized spacial score (nSPS) is 19.4. The number of amides is 1. The second kappa shape index (κ2) is 10.1. The third kappa shape index (κ3) is 5.10. The number of thiophene rings is 1. The van der Waals surface area contributed by atoms with E-state index in [1.54, 1.807) is 13.0 Å². The van der Waals surface area contributed by atoms with Crippen LogP contribution in [-0.2, 0) is 14.3 Å². The lowest BCUT2D eigenvalue weighted by Crippen LogP contribution is -2.36. The maximum atomic E-state index is 13.2. The molecule has 1 aromatic carbocycles. The summed E-state index contributed by atoms with van der Waals surface area (Å²) in [5.74, 6) is -3.32. The molecule has 0 bridgehead atoms. The van der Waals surface area contributed by atoms with Gasteiger partial charge in [0.15, 0.2) is 0 Å². The average Bonchev–Trinajstić information content (AvgIpc) is 3.19. The number of aliphatic carboxylic acids is 1. The zero-order chi connectivity index (χ0) is 23.4. The quantitative estimate of drug-likeness (QED) is 0.427. The molecule has 32 heavy (non-hydrogen) atoms. The predicted octanol–water partition coefficient (Wildman–Crippen LogP) is 5.46. The van der Waals surface area contributed by atoms with Crippen molar-refractivity contribution in [1.29, 1.82) is 0 Å². The molecular formula is C25H29NO5S. The van der Waals surface area contributed by atoms with Crippen molar-refractivity contribution in [3.05, 3.63) is 63.5 Å². The summed E-state index contributed by atoms with van der Waals surface area (Å²) in [4.78, 5) is 38.5. The number of carbonyl (C=O) groups is 3. The fourth-order valence-corrected chi connectivity index (χ4v) is 5.14. The number of rotatable bonds is 7. The van der Waals surface area contributed by atoms with Crippen molar-refractivity contribution < 1.29 is 24.2 Å². The molecule has 0 saturated heterocycles. The molecule has 0 unspecified atom stereocenters. The largest absolute Gasteiger partial charge is 0.481 e. The molecule has 0 aliphatic heterocycles. The van der Waals surface area contributed by atoms with E-state index in [0.717, 1.165) is 21.6 Å². The van der Waals surface area contributed by atoms with Crippen molar-refractivity contribution in [3.63, 3.8) is 0 Å². The molecule has 0 saturated carbocycles. The van der Waals surface area contributed by atoms with Crippen LogP contribution >= 0.6 is 11.3 Å². The Kier molecular flexibility index (Phi) is 7.51. The van der Waals surface area contributed by atoms with Crippen molar-refractivity contribution in [2.24, 2.45) is 11.8 Å². The number of esters is 1. The van der Waals surface area contributed by atoms with Gasteiger partial charge in [-0.25, -0.2) is 4.79 Å². The Balaban J connectivity index is 1.92. The summed E-state index contributed by atoms with van der Waals surface area (Å²) in [7, 11) is 0. The average molecular weight is 456 g/mol. The number of nitrogens with one attached hydrogen (secondary N) is 1. The summed E-state index contributed by atoms with van der Waals surface area (Å²) in [6, 6.07) is 11.7. The molecule has 1 amide bonds. The number of carboxylic acids is 1. The van der Waals surface area contributed by atoms with Gasteiger partial charge in [-0.1, -0.05) is 48.4 Å². The maximum Gasteiger partial charge on any atom is 0.341 e. The van der Waals surface area contributed by atoms with Gasteiger partial charge in [0.25, 0.3) is 0 Å². The van der Waals surface area contributed by atoms with Crippen LogP contribution in [0.3, 0.4) is 0 Å². The van der Waals surface area contributed by atoms with E-state index in [1.165, 1.54) is 11.3 Å². The molecule has 7 heteroatoms. The van der Waals surface area contributed by atoms with Gasteiger partial charge in [0.2, 0.25) is 5.91 Å². The van der Waals surface area contributed by atoms with E-state index in [2.05, 4.69) is 5.32 Å². The van der Waals surface area contributed by atoms with E-state index in [-0.39, 0.29) is 18.4 Å². The highest BCUT2D eigenvalue weighted by Crippen LogP contribution is 2.39. The molecule has 2 N–H and O–H groups in total.